The second-order valence-corrected chi connectivity index (χ2v) is 8.00. The summed E-state index contributed by atoms with van der Waals surface area (Å²) in [7, 11) is -2.41. The smallest absolute Gasteiger partial charge is 0.258 e. The van der Waals surface area contributed by atoms with Crippen LogP contribution in [0.5, 0.6) is 0 Å². The van der Waals surface area contributed by atoms with Crippen LogP contribution >= 0.6 is 11.6 Å². The number of hydrogen-bond donors (Lipinski definition) is 1. The Hall–Kier alpha value is -2.33. The summed E-state index contributed by atoms with van der Waals surface area (Å²) in [5.41, 5.74) is 0.168. The third-order valence-electron chi connectivity index (χ3n) is 3.87. The number of sulfonamides is 1. The van der Waals surface area contributed by atoms with Gasteiger partial charge in [0.1, 0.15) is 15.9 Å². The minimum Gasteiger partial charge on any atom is -0.383 e. The highest BCUT2D eigenvalue weighted by Gasteiger charge is 2.26. The van der Waals surface area contributed by atoms with Crippen molar-refractivity contribution in [2.45, 2.75) is 11.4 Å². The molecule has 0 fully saturated rings. The lowest BCUT2D eigenvalue weighted by atomic mass is 10.2. The Balaban J connectivity index is 1.98. The lowest BCUT2D eigenvalue weighted by Crippen LogP contribution is -2.34. The fraction of sp³-hybridized carbons (Fsp3) is 0.235. The minimum absolute atomic E-state index is 0.00820. The molecule has 0 spiro atoms. The summed E-state index contributed by atoms with van der Waals surface area (Å²) in [6, 6.07) is 9.63. The molecule has 0 saturated carbocycles. The largest absolute Gasteiger partial charge is 0.383 e. The number of hydrogen-bond acceptors (Lipinski definition) is 6. The van der Waals surface area contributed by atoms with Gasteiger partial charge in [-0.2, -0.15) is 4.31 Å². The zero-order valence-corrected chi connectivity index (χ0v) is 16.0. The summed E-state index contributed by atoms with van der Waals surface area (Å²) in [6.45, 7) is 0.143. The molecule has 0 bridgehead atoms. The molecular formula is C17H17ClN4O4S. The maximum Gasteiger partial charge on any atom is 0.258 e. The van der Waals surface area contributed by atoms with Gasteiger partial charge >= 0.3 is 0 Å². The van der Waals surface area contributed by atoms with Crippen LogP contribution in [0.4, 0.5) is 0 Å². The van der Waals surface area contributed by atoms with Crippen molar-refractivity contribution in [3.05, 3.63) is 63.9 Å². The van der Waals surface area contributed by atoms with Crippen LogP contribution in [-0.4, -0.2) is 47.9 Å². The Bertz CT molecular complexity index is 1100. The molecule has 2 aromatic heterocycles. The van der Waals surface area contributed by atoms with Gasteiger partial charge in [-0.1, -0.05) is 23.7 Å². The average Bonchev–Trinajstić information content (AvgIpc) is 2.65. The number of H-pyrrole nitrogens is 1. The molecule has 0 radical (unpaired) electrons. The summed E-state index contributed by atoms with van der Waals surface area (Å²) in [4.78, 5) is 23.1. The van der Waals surface area contributed by atoms with E-state index >= 15 is 0 Å². The number of benzene rings is 1. The number of aromatic amines is 1. The molecule has 1 aromatic carbocycles. The minimum atomic E-state index is -3.88. The molecule has 0 aliphatic heterocycles. The standard InChI is InChI=1S/C17H17ClN4O4S/c1-26-9-8-22(27(24,25)12-6-7-15(18)19-10-12)11-16-20-14-5-3-2-4-13(14)17(23)21-16/h2-7,10H,8-9,11H2,1H3,(H,20,21,23). The molecule has 0 aliphatic carbocycles. The summed E-state index contributed by atoms with van der Waals surface area (Å²) in [5.74, 6) is 0.236. The number of ether oxygens (including phenoxy) is 1. The predicted octanol–water partition coefficient (Wildman–Crippen LogP) is 1.81. The molecule has 3 aromatic rings. The predicted molar refractivity (Wildman–Crippen MR) is 101 cm³/mol. The van der Waals surface area contributed by atoms with Gasteiger partial charge < -0.3 is 9.72 Å². The van der Waals surface area contributed by atoms with Crippen LogP contribution in [0.3, 0.4) is 0 Å². The van der Waals surface area contributed by atoms with Gasteiger partial charge in [0.2, 0.25) is 10.0 Å². The van der Waals surface area contributed by atoms with Gasteiger partial charge in [-0.05, 0) is 24.3 Å². The van der Waals surface area contributed by atoms with E-state index in [2.05, 4.69) is 15.0 Å². The SMILES string of the molecule is COCCN(Cc1nc2ccccc2c(=O)[nH]1)S(=O)(=O)c1ccc(Cl)nc1. The quantitative estimate of drug-likeness (QED) is 0.598. The van der Waals surface area contributed by atoms with Crippen molar-refractivity contribution in [1.29, 1.82) is 0 Å². The third-order valence-corrected chi connectivity index (χ3v) is 5.92. The molecule has 8 nitrogen and oxygen atoms in total. The number of nitrogens with zero attached hydrogens (tertiary/aromatic N) is 3. The molecule has 1 N–H and O–H groups in total. The fourth-order valence-electron chi connectivity index (χ4n) is 2.52. The maximum atomic E-state index is 13.0. The van der Waals surface area contributed by atoms with Gasteiger partial charge in [0.15, 0.2) is 0 Å². The Morgan fingerprint density at radius 1 is 1.22 bits per heavy atom. The van der Waals surface area contributed by atoms with Crippen LogP contribution < -0.4 is 5.56 Å². The van der Waals surface area contributed by atoms with Gasteiger partial charge in [-0.3, -0.25) is 4.79 Å². The number of para-hydroxylation sites is 1. The highest BCUT2D eigenvalue weighted by atomic mass is 35.5. The molecule has 3 rings (SSSR count). The summed E-state index contributed by atoms with van der Waals surface area (Å²) in [6.07, 6.45) is 1.19. The van der Waals surface area contributed by atoms with Crippen molar-refractivity contribution >= 4 is 32.5 Å². The van der Waals surface area contributed by atoms with Crippen LogP contribution in [0.2, 0.25) is 5.15 Å². The van der Waals surface area contributed by atoms with Crippen molar-refractivity contribution in [3.63, 3.8) is 0 Å². The lowest BCUT2D eigenvalue weighted by molar-refractivity contribution is 0.176. The van der Waals surface area contributed by atoms with Crippen LogP contribution in [0.15, 0.2) is 52.3 Å². The first-order chi connectivity index (χ1) is 12.9. The van der Waals surface area contributed by atoms with Crippen molar-refractivity contribution < 1.29 is 13.2 Å². The summed E-state index contributed by atoms with van der Waals surface area (Å²) in [5, 5.41) is 0.632. The fourth-order valence-corrected chi connectivity index (χ4v) is 3.96. The normalized spacial score (nSPS) is 12.0. The second kappa shape index (κ2) is 8.13. The number of nitrogens with one attached hydrogen (secondary N) is 1. The molecule has 0 unspecified atom stereocenters. The van der Waals surface area contributed by atoms with Gasteiger partial charge in [0.25, 0.3) is 5.56 Å². The van der Waals surface area contributed by atoms with E-state index in [1.165, 1.54) is 29.7 Å². The zero-order valence-electron chi connectivity index (χ0n) is 14.4. The van der Waals surface area contributed by atoms with E-state index in [9.17, 15) is 13.2 Å². The maximum absolute atomic E-state index is 13.0. The molecule has 0 aliphatic rings. The number of methoxy groups -OCH3 is 1. The molecule has 0 atom stereocenters. The number of pyridine rings is 1. The average molecular weight is 409 g/mol. The number of aromatic nitrogens is 3. The van der Waals surface area contributed by atoms with Crippen LogP contribution in [-0.2, 0) is 21.3 Å². The van der Waals surface area contributed by atoms with E-state index in [0.717, 1.165) is 0 Å². The molecular weight excluding hydrogens is 392 g/mol. The molecule has 0 amide bonds. The van der Waals surface area contributed by atoms with E-state index in [4.69, 9.17) is 16.3 Å². The Labute approximate surface area is 160 Å². The zero-order chi connectivity index (χ0) is 19.4. The van der Waals surface area contributed by atoms with Crippen LogP contribution in [0.1, 0.15) is 5.82 Å². The van der Waals surface area contributed by atoms with E-state index in [1.807, 2.05) is 0 Å². The van der Waals surface area contributed by atoms with Crippen molar-refractivity contribution in [2.24, 2.45) is 0 Å². The Morgan fingerprint density at radius 3 is 2.70 bits per heavy atom. The second-order valence-electron chi connectivity index (χ2n) is 5.68. The van der Waals surface area contributed by atoms with Crippen LogP contribution in [0.25, 0.3) is 10.9 Å². The van der Waals surface area contributed by atoms with Gasteiger partial charge in [-0.25, -0.2) is 18.4 Å². The molecule has 142 valence electrons. The lowest BCUT2D eigenvalue weighted by Gasteiger charge is -2.21. The monoisotopic (exact) mass is 408 g/mol. The van der Waals surface area contributed by atoms with Crippen molar-refractivity contribution in [3.8, 4) is 0 Å². The summed E-state index contributed by atoms with van der Waals surface area (Å²) < 4.78 is 32.1. The van der Waals surface area contributed by atoms with Crippen molar-refractivity contribution in [1.82, 2.24) is 19.3 Å². The van der Waals surface area contributed by atoms with E-state index in [-0.39, 0.29) is 41.1 Å². The van der Waals surface area contributed by atoms with Gasteiger partial charge in [0, 0.05) is 19.9 Å². The number of fused-ring (bicyclic) bond motifs is 1. The Kier molecular flexibility index (Phi) is 5.85. The molecule has 10 heteroatoms. The first-order valence-electron chi connectivity index (χ1n) is 8.00. The first-order valence-corrected chi connectivity index (χ1v) is 9.82. The van der Waals surface area contributed by atoms with E-state index in [0.29, 0.717) is 10.9 Å². The Morgan fingerprint density at radius 2 is 2.00 bits per heavy atom. The highest BCUT2D eigenvalue weighted by Crippen LogP contribution is 2.18. The number of rotatable bonds is 7. The molecule has 0 saturated heterocycles. The summed E-state index contributed by atoms with van der Waals surface area (Å²) >= 11 is 5.74. The van der Waals surface area contributed by atoms with Gasteiger partial charge in [-0.15, -0.1) is 0 Å². The topological polar surface area (TPSA) is 105 Å². The highest BCUT2D eigenvalue weighted by molar-refractivity contribution is 7.89. The van der Waals surface area contributed by atoms with E-state index < -0.39 is 10.0 Å². The number of halogens is 1. The first kappa shape index (κ1) is 19.4. The third kappa shape index (κ3) is 4.33. The molecule has 27 heavy (non-hydrogen) atoms. The molecule has 2 heterocycles. The van der Waals surface area contributed by atoms with Crippen molar-refractivity contribution in [2.75, 3.05) is 20.3 Å². The van der Waals surface area contributed by atoms with Gasteiger partial charge in [0.05, 0.1) is 24.1 Å². The van der Waals surface area contributed by atoms with E-state index in [1.54, 1.807) is 24.3 Å². The van der Waals surface area contributed by atoms with Crippen LogP contribution in [0, 0.1) is 0 Å².